The zero-order valence-corrected chi connectivity index (χ0v) is 38.2. The predicted octanol–water partition coefficient (Wildman–Crippen LogP) is 9.42. The Morgan fingerprint density at radius 2 is 0.968 bits per heavy atom. The van der Waals surface area contributed by atoms with Gasteiger partial charge in [0.2, 0.25) is 11.8 Å². The number of amides is 2. The van der Waals surface area contributed by atoms with Crippen LogP contribution in [0.25, 0.3) is 0 Å². The number of hydrogen-bond acceptors (Lipinski definition) is 6. The molecule has 0 bridgehead atoms. The fourth-order valence-corrected chi connectivity index (χ4v) is 10.6. The number of rotatable bonds is 10. The van der Waals surface area contributed by atoms with Gasteiger partial charge in [-0.05, 0) is 136 Å². The second-order valence-electron chi connectivity index (χ2n) is 17.5. The Hall–Kier alpha value is -4.10. The van der Waals surface area contributed by atoms with Gasteiger partial charge < -0.3 is 20.0 Å². The molecule has 0 atom stereocenters. The minimum absolute atomic E-state index is 0.152. The van der Waals surface area contributed by atoms with E-state index >= 15 is 0 Å². The molecule has 332 valence electrons. The van der Waals surface area contributed by atoms with E-state index < -0.39 is 11.9 Å². The van der Waals surface area contributed by atoms with Crippen LogP contribution < -0.4 is 0 Å². The largest absolute Gasteiger partial charge is 0.481 e. The van der Waals surface area contributed by atoms with Gasteiger partial charge in [0, 0.05) is 46.0 Å². The summed E-state index contributed by atoms with van der Waals surface area (Å²) in [7, 11) is 0. The van der Waals surface area contributed by atoms with Crippen molar-refractivity contribution in [3.63, 3.8) is 0 Å². The summed E-state index contributed by atoms with van der Waals surface area (Å²) in [5, 5.41) is 30.2. The number of carboxylic acids is 2. The average molecular weight is 929 g/mol. The highest BCUT2D eigenvalue weighted by Gasteiger charge is 2.33. The zero-order chi connectivity index (χ0) is 44.2. The van der Waals surface area contributed by atoms with Gasteiger partial charge in [0.25, 0.3) is 0 Å². The van der Waals surface area contributed by atoms with Crippen LogP contribution in [0.3, 0.4) is 0 Å². The van der Waals surface area contributed by atoms with E-state index in [1.807, 2.05) is 57.3 Å². The number of carbonyl (C=O) groups is 4. The smallest absolute Gasteiger partial charge is 0.306 e. The second kappa shape index (κ2) is 20.2. The van der Waals surface area contributed by atoms with Gasteiger partial charge in [-0.2, -0.15) is 10.2 Å². The van der Waals surface area contributed by atoms with Gasteiger partial charge in [-0.15, -0.1) is 0 Å². The highest BCUT2D eigenvalue weighted by Crippen LogP contribution is 2.35. The van der Waals surface area contributed by atoms with Gasteiger partial charge >= 0.3 is 11.9 Å². The van der Waals surface area contributed by atoms with Gasteiger partial charge in [0.05, 0.1) is 60.8 Å². The van der Waals surface area contributed by atoms with Crippen LogP contribution in [0.5, 0.6) is 0 Å². The molecule has 2 fully saturated rings. The number of nitrogens with zero attached hydrogens (tertiary/aromatic N) is 6. The van der Waals surface area contributed by atoms with E-state index in [2.05, 4.69) is 0 Å². The lowest BCUT2D eigenvalue weighted by Crippen LogP contribution is -2.38. The van der Waals surface area contributed by atoms with Crippen molar-refractivity contribution in [2.45, 2.75) is 117 Å². The molecule has 2 aliphatic heterocycles. The van der Waals surface area contributed by atoms with Crippen molar-refractivity contribution in [3.8, 4) is 0 Å². The fourth-order valence-electron chi connectivity index (χ4n) is 9.64. The van der Waals surface area contributed by atoms with Gasteiger partial charge in [-0.3, -0.25) is 28.5 Å². The molecule has 2 aromatic heterocycles. The number of hydrogen-bond donors (Lipinski definition) is 2. The first-order valence-electron chi connectivity index (χ1n) is 21.6. The van der Waals surface area contributed by atoms with E-state index in [1.54, 1.807) is 12.1 Å². The van der Waals surface area contributed by atoms with Gasteiger partial charge in [-0.1, -0.05) is 58.5 Å². The standard InChI is InChI=1S/2C23H27Cl2N3O3/c2*1-14-19-8-9-27(22(29)10-15-2-4-16(5-3-15)23(30)31)13-21(19)28(26-14)12-17-6-7-18(24)11-20(17)25/h2*6-7,11,15-16H,2-5,8-10,12-13H2,1H3,(H,30,31). The average Bonchev–Trinajstić information content (AvgIpc) is 3.73. The molecule has 2 aromatic carbocycles. The van der Waals surface area contributed by atoms with E-state index in [1.165, 1.54) is 11.1 Å². The van der Waals surface area contributed by atoms with Crippen LogP contribution >= 0.6 is 46.4 Å². The third kappa shape index (κ3) is 11.0. The number of halogens is 4. The molecule has 0 spiro atoms. The Balaban J connectivity index is 0.000000186. The van der Waals surface area contributed by atoms with E-state index in [9.17, 15) is 19.2 Å². The lowest BCUT2D eigenvalue weighted by atomic mass is 9.80. The van der Waals surface area contributed by atoms with E-state index in [4.69, 9.17) is 66.8 Å². The molecular formula is C46H54Cl4N6O6. The Kier molecular flexibility index (Phi) is 14.9. The zero-order valence-electron chi connectivity index (χ0n) is 35.2. The molecule has 0 radical (unpaired) electrons. The second-order valence-corrected chi connectivity index (χ2v) is 19.1. The quantitative estimate of drug-likeness (QED) is 0.160. The SMILES string of the molecule is Cc1nn(Cc2ccc(Cl)cc2Cl)c2c1CCN(C(=O)CC1CCC(C(=O)O)CC1)C2.Cc1nn(Cc2ccc(Cl)cc2Cl)c2c1CCN(C(=O)CC1CCC(C(=O)O)CC1)C2. The monoisotopic (exact) mass is 926 g/mol. The summed E-state index contributed by atoms with van der Waals surface area (Å²) in [5.41, 5.74) is 8.45. The number of carbonyl (C=O) groups excluding carboxylic acids is 2. The van der Waals surface area contributed by atoms with Crippen LogP contribution in [0.1, 0.15) is 109 Å². The molecule has 16 heteroatoms. The van der Waals surface area contributed by atoms with Crippen LogP contribution in [0.4, 0.5) is 0 Å². The van der Waals surface area contributed by atoms with Crippen LogP contribution in [0.15, 0.2) is 36.4 Å². The highest BCUT2D eigenvalue weighted by molar-refractivity contribution is 6.35. The molecule has 12 nitrogen and oxygen atoms in total. The molecule has 2 amide bonds. The first-order chi connectivity index (χ1) is 29.6. The Labute approximate surface area is 382 Å². The number of aromatic nitrogens is 4. The number of carboxylic acid groups (broad SMARTS) is 2. The lowest BCUT2D eigenvalue weighted by molar-refractivity contribution is -0.144. The van der Waals surface area contributed by atoms with E-state index in [-0.39, 0.29) is 35.5 Å². The minimum Gasteiger partial charge on any atom is -0.481 e. The van der Waals surface area contributed by atoms with Crippen molar-refractivity contribution in [2.75, 3.05) is 13.1 Å². The maximum Gasteiger partial charge on any atom is 0.306 e. The first kappa shape index (κ1) is 45.9. The van der Waals surface area contributed by atoms with Crippen molar-refractivity contribution in [3.05, 3.63) is 102 Å². The minimum atomic E-state index is -0.710. The summed E-state index contributed by atoms with van der Waals surface area (Å²) in [4.78, 5) is 52.2. The third-order valence-electron chi connectivity index (χ3n) is 13.4. The topological polar surface area (TPSA) is 151 Å². The molecule has 2 saturated carbocycles. The molecule has 4 heterocycles. The molecule has 0 saturated heterocycles. The van der Waals surface area contributed by atoms with Crippen molar-refractivity contribution in [2.24, 2.45) is 23.7 Å². The normalized spacial score (nSPS) is 21.1. The maximum atomic E-state index is 13.0. The summed E-state index contributed by atoms with van der Waals surface area (Å²) in [6.45, 7) is 7.58. The van der Waals surface area contributed by atoms with Gasteiger partial charge in [-0.25, -0.2) is 0 Å². The summed E-state index contributed by atoms with van der Waals surface area (Å²) >= 11 is 24.8. The van der Waals surface area contributed by atoms with Gasteiger partial charge in [0.1, 0.15) is 0 Å². The van der Waals surface area contributed by atoms with Crippen molar-refractivity contribution in [1.29, 1.82) is 0 Å². The number of aryl methyl sites for hydroxylation is 2. The molecule has 8 rings (SSSR count). The molecule has 4 aliphatic rings. The van der Waals surface area contributed by atoms with Crippen molar-refractivity contribution >= 4 is 70.2 Å². The van der Waals surface area contributed by atoms with Crippen molar-refractivity contribution in [1.82, 2.24) is 29.4 Å². The fraction of sp³-hybridized carbons (Fsp3) is 0.522. The van der Waals surface area contributed by atoms with Crippen LogP contribution in [-0.2, 0) is 58.2 Å². The summed E-state index contributed by atoms with van der Waals surface area (Å²) in [6.07, 6.45) is 8.53. The summed E-state index contributed by atoms with van der Waals surface area (Å²) < 4.78 is 3.91. The third-order valence-corrected chi connectivity index (χ3v) is 14.5. The maximum absolute atomic E-state index is 13.0. The van der Waals surface area contributed by atoms with Gasteiger partial charge in [0.15, 0.2) is 0 Å². The summed E-state index contributed by atoms with van der Waals surface area (Å²) in [5.74, 6) is -1.05. The molecule has 2 aliphatic carbocycles. The molecule has 0 unspecified atom stereocenters. The lowest BCUT2D eigenvalue weighted by Gasteiger charge is -2.31. The number of fused-ring (bicyclic) bond motifs is 2. The Bertz CT molecular complexity index is 2150. The van der Waals surface area contributed by atoms with Crippen molar-refractivity contribution < 1.29 is 29.4 Å². The van der Waals surface area contributed by atoms with Crippen LogP contribution in [0.2, 0.25) is 20.1 Å². The summed E-state index contributed by atoms with van der Waals surface area (Å²) in [6, 6.07) is 10.9. The Morgan fingerprint density at radius 3 is 1.31 bits per heavy atom. The molecular weight excluding hydrogens is 874 g/mol. The van der Waals surface area contributed by atoms with Crippen LogP contribution in [0, 0.1) is 37.5 Å². The van der Waals surface area contributed by atoms with E-state index in [0.717, 1.165) is 72.4 Å². The Morgan fingerprint density at radius 1 is 0.597 bits per heavy atom. The number of benzene rings is 2. The first-order valence-corrected chi connectivity index (χ1v) is 23.1. The highest BCUT2D eigenvalue weighted by atomic mass is 35.5. The van der Waals surface area contributed by atoms with E-state index in [0.29, 0.717) is 97.9 Å². The molecule has 4 aromatic rings. The predicted molar refractivity (Wildman–Crippen MR) is 239 cm³/mol. The molecule has 62 heavy (non-hydrogen) atoms. The number of aliphatic carboxylic acids is 2. The van der Waals surface area contributed by atoms with Crippen LogP contribution in [-0.4, -0.2) is 76.4 Å². The molecule has 2 N–H and O–H groups in total.